The van der Waals surface area contributed by atoms with Gasteiger partial charge in [-0.3, -0.25) is 9.59 Å². The third-order valence-corrected chi connectivity index (χ3v) is 6.97. The molecule has 0 saturated carbocycles. The van der Waals surface area contributed by atoms with Gasteiger partial charge >= 0.3 is 5.97 Å². The first-order valence-corrected chi connectivity index (χ1v) is 11.8. The minimum absolute atomic E-state index is 0.00682. The Labute approximate surface area is 198 Å². The van der Waals surface area contributed by atoms with E-state index in [9.17, 15) is 14.4 Å². The number of aromatic amines is 1. The van der Waals surface area contributed by atoms with Crippen LogP contribution in [0.5, 0.6) is 0 Å². The Balaban J connectivity index is 1.60. The van der Waals surface area contributed by atoms with Crippen molar-refractivity contribution < 1.29 is 19.1 Å². The number of para-hydroxylation sites is 1. The van der Waals surface area contributed by atoms with Crippen molar-refractivity contribution in [3.8, 4) is 0 Å². The summed E-state index contributed by atoms with van der Waals surface area (Å²) in [5.74, 6) is -0.00922. The van der Waals surface area contributed by atoms with E-state index in [-0.39, 0.29) is 18.4 Å². The quantitative estimate of drug-likeness (QED) is 0.590. The van der Waals surface area contributed by atoms with E-state index in [0.29, 0.717) is 24.4 Å². The normalized spacial score (nSPS) is 20.0. The summed E-state index contributed by atoms with van der Waals surface area (Å²) in [6, 6.07) is 14.2. The maximum absolute atomic E-state index is 13.6. The number of ether oxygens (including phenoxy) is 1. The summed E-state index contributed by atoms with van der Waals surface area (Å²) >= 11 is 0. The second-order valence-electron chi connectivity index (χ2n) is 9.54. The third-order valence-electron chi connectivity index (χ3n) is 6.97. The van der Waals surface area contributed by atoms with E-state index in [2.05, 4.69) is 24.9 Å². The van der Waals surface area contributed by atoms with Crippen LogP contribution in [0.25, 0.3) is 10.9 Å². The summed E-state index contributed by atoms with van der Waals surface area (Å²) in [7, 11) is 1.35. The van der Waals surface area contributed by atoms with Gasteiger partial charge in [-0.05, 0) is 41.7 Å². The molecule has 5 rings (SSSR count). The van der Waals surface area contributed by atoms with Crippen molar-refractivity contribution in [3.63, 3.8) is 0 Å². The standard InChI is InChI=1S/C27H29N3O4/c1-16(2)12-13-29-15-23(31)30-22(26(29)32)14-20-19-6-4-5-7-21(19)28-24(20)25(30)17-8-10-18(11-9-17)27(33)34-3/h4-11,16,22,25,28H,12-15H2,1-3H3/t22-,25+/m0/s1. The Bertz CT molecular complexity index is 1260. The molecule has 176 valence electrons. The molecule has 1 fully saturated rings. The fraction of sp³-hybridized carbons (Fsp3) is 0.370. The maximum Gasteiger partial charge on any atom is 0.337 e. The first-order chi connectivity index (χ1) is 16.4. The number of aromatic nitrogens is 1. The van der Waals surface area contributed by atoms with Gasteiger partial charge in [0.05, 0.1) is 25.3 Å². The lowest BCUT2D eigenvalue weighted by molar-refractivity contribution is -0.158. The van der Waals surface area contributed by atoms with E-state index in [1.807, 2.05) is 30.3 Å². The lowest BCUT2D eigenvalue weighted by Gasteiger charge is -2.47. The number of H-pyrrole nitrogens is 1. The number of piperazine rings is 1. The summed E-state index contributed by atoms with van der Waals surface area (Å²) in [5.41, 5.74) is 4.28. The molecule has 1 aromatic heterocycles. The fourth-order valence-corrected chi connectivity index (χ4v) is 5.19. The molecule has 3 heterocycles. The number of nitrogens with one attached hydrogen (secondary N) is 1. The van der Waals surface area contributed by atoms with Gasteiger partial charge in [0.1, 0.15) is 6.04 Å². The Morgan fingerprint density at radius 2 is 1.85 bits per heavy atom. The number of methoxy groups -OCH3 is 1. The smallest absolute Gasteiger partial charge is 0.337 e. The van der Waals surface area contributed by atoms with E-state index in [1.54, 1.807) is 21.9 Å². The predicted octanol–water partition coefficient (Wildman–Crippen LogP) is 3.69. The number of rotatable bonds is 5. The van der Waals surface area contributed by atoms with Gasteiger partial charge < -0.3 is 19.5 Å². The van der Waals surface area contributed by atoms with Crippen LogP contribution < -0.4 is 0 Å². The highest BCUT2D eigenvalue weighted by molar-refractivity contribution is 5.97. The first-order valence-electron chi connectivity index (χ1n) is 11.8. The summed E-state index contributed by atoms with van der Waals surface area (Å²) < 4.78 is 4.83. The molecule has 1 saturated heterocycles. The van der Waals surface area contributed by atoms with E-state index < -0.39 is 18.1 Å². The Kier molecular flexibility index (Phi) is 5.63. The molecule has 2 aromatic carbocycles. The molecule has 2 amide bonds. The molecule has 0 aliphatic carbocycles. The lowest BCUT2D eigenvalue weighted by Crippen LogP contribution is -2.63. The van der Waals surface area contributed by atoms with Crippen LogP contribution in [-0.4, -0.2) is 58.8 Å². The van der Waals surface area contributed by atoms with Crippen LogP contribution in [0, 0.1) is 5.92 Å². The van der Waals surface area contributed by atoms with Crippen molar-refractivity contribution >= 4 is 28.7 Å². The number of nitrogens with zero attached hydrogens (tertiary/aromatic N) is 2. The van der Waals surface area contributed by atoms with Gasteiger partial charge in [0.25, 0.3) is 0 Å². The van der Waals surface area contributed by atoms with E-state index >= 15 is 0 Å². The zero-order valence-electron chi connectivity index (χ0n) is 19.7. The SMILES string of the molecule is COC(=O)c1ccc([C@@H]2c3[nH]c4ccccc4c3C[C@H]3C(=O)N(CCC(C)C)CC(=O)N23)cc1. The number of carbonyl (C=O) groups excluding carboxylic acids is 3. The van der Waals surface area contributed by atoms with Crippen LogP contribution >= 0.6 is 0 Å². The van der Waals surface area contributed by atoms with E-state index in [4.69, 9.17) is 4.74 Å². The van der Waals surface area contributed by atoms with Gasteiger partial charge in [-0.1, -0.05) is 44.2 Å². The van der Waals surface area contributed by atoms with Gasteiger partial charge in [-0.2, -0.15) is 0 Å². The summed E-state index contributed by atoms with van der Waals surface area (Å²) in [4.78, 5) is 46.0. The summed E-state index contributed by atoms with van der Waals surface area (Å²) in [6.07, 6.45) is 1.35. The molecule has 0 spiro atoms. The molecule has 1 N–H and O–H groups in total. The molecule has 0 unspecified atom stereocenters. The molecule has 2 aliphatic rings. The molecule has 2 aliphatic heterocycles. The number of hydrogen-bond acceptors (Lipinski definition) is 4. The topological polar surface area (TPSA) is 82.7 Å². The van der Waals surface area contributed by atoms with Gasteiger partial charge in [-0.25, -0.2) is 4.79 Å². The minimum Gasteiger partial charge on any atom is -0.465 e. The molecule has 2 atom stereocenters. The Morgan fingerprint density at radius 1 is 1.12 bits per heavy atom. The number of hydrogen-bond donors (Lipinski definition) is 1. The van der Waals surface area contributed by atoms with Crippen LogP contribution in [0.4, 0.5) is 0 Å². The van der Waals surface area contributed by atoms with Crippen molar-refractivity contribution in [3.05, 3.63) is 70.9 Å². The maximum atomic E-state index is 13.6. The highest BCUT2D eigenvalue weighted by atomic mass is 16.5. The third kappa shape index (κ3) is 3.65. The fourth-order valence-electron chi connectivity index (χ4n) is 5.19. The van der Waals surface area contributed by atoms with Crippen molar-refractivity contribution in [2.75, 3.05) is 20.2 Å². The zero-order chi connectivity index (χ0) is 24.0. The molecule has 7 heteroatoms. The molecular formula is C27H29N3O4. The average molecular weight is 460 g/mol. The molecule has 7 nitrogen and oxygen atoms in total. The highest BCUT2D eigenvalue weighted by Crippen LogP contribution is 2.42. The number of fused-ring (bicyclic) bond motifs is 4. The number of benzene rings is 2. The van der Waals surface area contributed by atoms with E-state index in [0.717, 1.165) is 34.1 Å². The average Bonchev–Trinajstić information content (AvgIpc) is 3.22. The summed E-state index contributed by atoms with van der Waals surface area (Å²) in [5, 5.41) is 1.08. The molecular weight excluding hydrogens is 430 g/mol. The van der Waals surface area contributed by atoms with Crippen molar-refractivity contribution in [2.24, 2.45) is 5.92 Å². The molecule has 0 bridgehead atoms. The minimum atomic E-state index is -0.551. The van der Waals surface area contributed by atoms with E-state index in [1.165, 1.54) is 7.11 Å². The number of amides is 2. The Morgan fingerprint density at radius 3 is 2.56 bits per heavy atom. The van der Waals surface area contributed by atoms with Crippen molar-refractivity contribution in [1.29, 1.82) is 0 Å². The van der Waals surface area contributed by atoms with Gasteiger partial charge in [0, 0.05) is 29.6 Å². The second kappa shape index (κ2) is 8.63. The summed E-state index contributed by atoms with van der Waals surface area (Å²) in [6.45, 7) is 4.92. The predicted molar refractivity (Wildman–Crippen MR) is 128 cm³/mol. The number of carbonyl (C=O) groups is 3. The van der Waals surface area contributed by atoms with Crippen LogP contribution in [0.15, 0.2) is 48.5 Å². The van der Waals surface area contributed by atoms with Crippen LogP contribution in [0.1, 0.15) is 53.5 Å². The van der Waals surface area contributed by atoms with Crippen LogP contribution in [0.3, 0.4) is 0 Å². The molecule has 0 radical (unpaired) electrons. The highest BCUT2D eigenvalue weighted by Gasteiger charge is 2.48. The lowest BCUT2D eigenvalue weighted by atomic mass is 9.86. The van der Waals surface area contributed by atoms with Gasteiger partial charge in [-0.15, -0.1) is 0 Å². The monoisotopic (exact) mass is 459 g/mol. The largest absolute Gasteiger partial charge is 0.465 e. The van der Waals surface area contributed by atoms with Crippen LogP contribution in [-0.2, 0) is 20.7 Å². The van der Waals surface area contributed by atoms with Gasteiger partial charge in [0.15, 0.2) is 0 Å². The van der Waals surface area contributed by atoms with Crippen molar-refractivity contribution in [1.82, 2.24) is 14.8 Å². The molecule has 3 aromatic rings. The number of esters is 1. The van der Waals surface area contributed by atoms with Gasteiger partial charge in [0.2, 0.25) is 11.8 Å². The van der Waals surface area contributed by atoms with Crippen LogP contribution in [0.2, 0.25) is 0 Å². The zero-order valence-corrected chi connectivity index (χ0v) is 19.7. The Hall–Kier alpha value is -3.61. The molecule has 34 heavy (non-hydrogen) atoms. The second-order valence-corrected chi connectivity index (χ2v) is 9.54. The van der Waals surface area contributed by atoms with Crippen molar-refractivity contribution in [2.45, 2.75) is 38.8 Å². The first kappa shape index (κ1) is 22.2.